The largest absolute Gasteiger partial charge is 0.497 e. The summed E-state index contributed by atoms with van der Waals surface area (Å²) < 4.78 is 15.7. The molecule has 2 aromatic carbocycles. The van der Waals surface area contributed by atoms with Crippen LogP contribution in [-0.2, 0) is 17.8 Å². The van der Waals surface area contributed by atoms with Crippen molar-refractivity contribution in [3.05, 3.63) is 53.6 Å². The van der Waals surface area contributed by atoms with Crippen molar-refractivity contribution in [2.24, 2.45) is 0 Å². The molecule has 2 rings (SSSR count). The van der Waals surface area contributed by atoms with Gasteiger partial charge in [-0.25, -0.2) is 0 Å². The van der Waals surface area contributed by atoms with Crippen molar-refractivity contribution in [3.8, 4) is 17.2 Å². The van der Waals surface area contributed by atoms with E-state index in [1.807, 2.05) is 42.5 Å². The number of hydrogen-bond donors (Lipinski definition) is 0. The number of benzene rings is 2. The number of carbonyl (C=O) groups is 1. The van der Waals surface area contributed by atoms with Gasteiger partial charge >= 0.3 is 0 Å². The fourth-order valence-electron chi connectivity index (χ4n) is 2.56. The van der Waals surface area contributed by atoms with Crippen LogP contribution < -0.4 is 14.2 Å². The quantitative estimate of drug-likeness (QED) is 0.738. The van der Waals surface area contributed by atoms with Gasteiger partial charge in [-0.05, 0) is 36.2 Å². The number of rotatable bonds is 8. The first kappa shape index (κ1) is 18.6. The molecule has 0 aromatic heterocycles. The second kappa shape index (κ2) is 8.97. The Balaban J connectivity index is 1.93. The van der Waals surface area contributed by atoms with Gasteiger partial charge in [0.05, 0.1) is 21.3 Å². The average molecular weight is 343 g/mol. The number of carbonyl (C=O) groups excluding carboxylic acids is 1. The summed E-state index contributed by atoms with van der Waals surface area (Å²) in [7, 11) is 6.67. The molecule has 0 atom stereocenters. The Kier molecular flexibility index (Phi) is 6.69. The van der Waals surface area contributed by atoms with E-state index < -0.39 is 0 Å². The lowest BCUT2D eigenvalue weighted by atomic mass is 10.1. The third-order valence-electron chi connectivity index (χ3n) is 4.11. The van der Waals surface area contributed by atoms with Crippen LogP contribution in [0.25, 0.3) is 0 Å². The molecule has 0 saturated heterocycles. The van der Waals surface area contributed by atoms with Gasteiger partial charge in [0.25, 0.3) is 0 Å². The van der Waals surface area contributed by atoms with Gasteiger partial charge in [0, 0.05) is 31.6 Å². The highest BCUT2D eigenvalue weighted by molar-refractivity contribution is 5.76. The maximum absolute atomic E-state index is 12.4. The van der Waals surface area contributed by atoms with E-state index in [9.17, 15) is 4.79 Å². The first-order valence-electron chi connectivity index (χ1n) is 8.15. The lowest BCUT2D eigenvalue weighted by Gasteiger charge is -2.19. The Bertz CT molecular complexity index is 697. The zero-order valence-electron chi connectivity index (χ0n) is 15.2. The predicted octanol–water partition coefficient (Wildman–Crippen LogP) is 3.30. The van der Waals surface area contributed by atoms with Crippen molar-refractivity contribution in [1.29, 1.82) is 0 Å². The highest BCUT2D eigenvalue weighted by Gasteiger charge is 2.13. The van der Waals surface area contributed by atoms with E-state index in [4.69, 9.17) is 14.2 Å². The highest BCUT2D eigenvalue weighted by atomic mass is 16.5. The summed E-state index contributed by atoms with van der Waals surface area (Å²) in [5.74, 6) is 2.36. The molecule has 1 amide bonds. The van der Waals surface area contributed by atoms with Crippen LogP contribution in [0.5, 0.6) is 17.2 Å². The van der Waals surface area contributed by atoms with Gasteiger partial charge in [-0.2, -0.15) is 0 Å². The van der Waals surface area contributed by atoms with Gasteiger partial charge < -0.3 is 19.1 Å². The molecule has 0 radical (unpaired) electrons. The zero-order valence-corrected chi connectivity index (χ0v) is 15.2. The minimum Gasteiger partial charge on any atom is -0.497 e. The van der Waals surface area contributed by atoms with E-state index in [0.29, 0.717) is 25.1 Å². The smallest absolute Gasteiger partial charge is 0.222 e. The lowest BCUT2D eigenvalue weighted by Crippen LogP contribution is -2.26. The molecule has 0 saturated carbocycles. The van der Waals surface area contributed by atoms with Gasteiger partial charge in [0.15, 0.2) is 0 Å². The molecule has 0 spiro atoms. The SMILES string of the molecule is COc1ccc(CCC(=O)N(C)Cc2ccc(OC)cc2OC)cc1. The predicted molar refractivity (Wildman–Crippen MR) is 97.3 cm³/mol. The summed E-state index contributed by atoms with van der Waals surface area (Å²) in [6, 6.07) is 13.4. The maximum atomic E-state index is 12.4. The van der Waals surface area contributed by atoms with Crippen LogP contribution in [0.3, 0.4) is 0 Å². The zero-order chi connectivity index (χ0) is 18.2. The fraction of sp³-hybridized carbons (Fsp3) is 0.350. The van der Waals surface area contributed by atoms with Crippen molar-refractivity contribution in [1.82, 2.24) is 4.90 Å². The number of amides is 1. The molecule has 2 aromatic rings. The fourth-order valence-corrected chi connectivity index (χ4v) is 2.56. The Labute approximate surface area is 149 Å². The van der Waals surface area contributed by atoms with Gasteiger partial charge in [0.2, 0.25) is 5.91 Å². The molecule has 5 nitrogen and oxygen atoms in total. The molecule has 0 aliphatic heterocycles. The van der Waals surface area contributed by atoms with E-state index in [1.54, 1.807) is 33.3 Å². The van der Waals surface area contributed by atoms with Crippen molar-refractivity contribution in [2.75, 3.05) is 28.4 Å². The van der Waals surface area contributed by atoms with Crippen LogP contribution in [0.1, 0.15) is 17.5 Å². The molecule has 0 bridgehead atoms. The van der Waals surface area contributed by atoms with Crippen LogP contribution in [0, 0.1) is 0 Å². The number of aryl methyl sites for hydroxylation is 1. The number of hydrogen-bond acceptors (Lipinski definition) is 4. The van der Waals surface area contributed by atoms with Crippen LogP contribution in [0.15, 0.2) is 42.5 Å². The highest BCUT2D eigenvalue weighted by Crippen LogP contribution is 2.25. The van der Waals surface area contributed by atoms with E-state index in [0.717, 1.165) is 22.6 Å². The summed E-state index contributed by atoms with van der Waals surface area (Å²) in [6.45, 7) is 0.495. The topological polar surface area (TPSA) is 48.0 Å². The molecule has 0 unspecified atom stereocenters. The Morgan fingerprint density at radius 3 is 2.16 bits per heavy atom. The van der Waals surface area contributed by atoms with Gasteiger partial charge in [-0.3, -0.25) is 4.79 Å². The van der Waals surface area contributed by atoms with Gasteiger partial charge in [0.1, 0.15) is 17.2 Å². The number of methoxy groups -OCH3 is 3. The Morgan fingerprint density at radius 1 is 0.920 bits per heavy atom. The summed E-state index contributed by atoms with van der Waals surface area (Å²) >= 11 is 0. The van der Waals surface area contributed by atoms with Crippen molar-refractivity contribution >= 4 is 5.91 Å². The van der Waals surface area contributed by atoms with E-state index in [1.165, 1.54) is 0 Å². The molecule has 0 heterocycles. The minimum absolute atomic E-state index is 0.0914. The first-order chi connectivity index (χ1) is 12.1. The van der Waals surface area contributed by atoms with E-state index >= 15 is 0 Å². The number of nitrogens with zero attached hydrogens (tertiary/aromatic N) is 1. The summed E-state index contributed by atoms with van der Waals surface area (Å²) in [6.07, 6.45) is 1.16. The molecule has 0 aliphatic carbocycles. The van der Waals surface area contributed by atoms with Crippen LogP contribution in [0.2, 0.25) is 0 Å². The molecular formula is C20H25NO4. The second-order valence-electron chi connectivity index (χ2n) is 5.78. The standard InChI is InChI=1S/C20H25NO4/c1-21(14-16-8-11-18(24-3)13-19(16)25-4)20(22)12-7-15-5-9-17(23-2)10-6-15/h5-6,8-11,13H,7,12,14H2,1-4H3. The normalized spacial score (nSPS) is 10.2. The van der Waals surface area contributed by atoms with Crippen LogP contribution in [0.4, 0.5) is 0 Å². The van der Waals surface area contributed by atoms with E-state index in [2.05, 4.69) is 0 Å². The van der Waals surface area contributed by atoms with Crippen LogP contribution in [-0.4, -0.2) is 39.2 Å². The average Bonchev–Trinajstić information content (AvgIpc) is 2.66. The molecule has 0 fully saturated rings. The Hall–Kier alpha value is -2.69. The van der Waals surface area contributed by atoms with Crippen molar-refractivity contribution in [3.63, 3.8) is 0 Å². The third-order valence-corrected chi connectivity index (χ3v) is 4.11. The molecule has 5 heteroatoms. The third kappa shape index (κ3) is 5.14. The van der Waals surface area contributed by atoms with E-state index in [-0.39, 0.29) is 5.91 Å². The summed E-state index contributed by atoms with van der Waals surface area (Å²) in [5.41, 5.74) is 2.06. The van der Waals surface area contributed by atoms with Gasteiger partial charge in [-0.15, -0.1) is 0 Å². The second-order valence-corrected chi connectivity index (χ2v) is 5.78. The van der Waals surface area contributed by atoms with Crippen molar-refractivity contribution in [2.45, 2.75) is 19.4 Å². The molecule has 0 N–H and O–H groups in total. The lowest BCUT2D eigenvalue weighted by molar-refractivity contribution is -0.130. The van der Waals surface area contributed by atoms with Gasteiger partial charge in [-0.1, -0.05) is 12.1 Å². The molecule has 0 aliphatic rings. The molecular weight excluding hydrogens is 318 g/mol. The summed E-state index contributed by atoms with van der Waals surface area (Å²) in [4.78, 5) is 14.1. The molecule has 134 valence electrons. The summed E-state index contributed by atoms with van der Waals surface area (Å²) in [5, 5.41) is 0. The minimum atomic E-state index is 0.0914. The van der Waals surface area contributed by atoms with Crippen LogP contribution >= 0.6 is 0 Å². The monoisotopic (exact) mass is 343 g/mol. The maximum Gasteiger partial charge on any atom is 0.222 e. The Morgan fingerprint density at radius 2 is 1.56 bits per heavy atom. The first-order valence-corrected chi connectivity index (χ1v) is 8.15. The van der Waals surface area contributed by atoms with Crippen molar-refractivity contribution < 1.29 is 19.0 Å². The number of ether oxygens (including phenoxy) is 3. The molecule has 25 heavy (non-hydrogen) atoms.